The SMILES string of the molecule is COCc1nc(CN(C)C)nc(N)c1I. The summed E-state index contributed by atoms with van der Waals surface area (Å²) in [6.45, 7) is 1.14. The van der Waals surface area contributed by atoms with E-state index in [-0.39, 0.29) is 0 Å². The molecule has 0 bridgehead atoms. The van der Waals surface area contributed by atoms with Gasteiger partial charge in [-0.2, -0.15) is 0 Å². The van der Waals surface area contributed by atoms with Gasteiger partial charge in [0.1, 0.15) is 11.6 Å². The fourth-order valence-electron chi connectivity index (χ4n) is 1.15. The molecule has 0 amide bonds. The Kier molecular flexibility index (Phi) is 4.68. The van der Waals surface area contributed by atoms with Crippen LogP contribution in [0.5, 0.6) is 0 Å². The lowest BCUT2D eigenvalue weighted by atomic mass is 10.4. The van der Waals surface area contributed by atoms with Crippen molar-refractivity contribution in [2.45, 2.75) is 13.2 Å². The topological polar surface area (TPSA) is 64.3 Å². The zero-order valence-electron chi connectivity index (χ0n) is 9.12. The van der Waals surface area contributed by atoms with Crippen molar-refractivity contribution >= 4 is 28.4 Å². The predicted octanol–water partition coefficient (Wildman–Crippen LogP) is 0.871. The first-order chi connectivity index (χ1) is 7.04. The lowest BCUT2D eigenvalue weighted by Gasteiger charge is -2.11. The third kappa shape index (κ3) is 3.54. The number of aromatic nitrogens is 2. The van der Waals surface area contributed by atoms with Gasteiger partial charge in [-0.25, -0.2) is 9.97 Å². The number of hydrogen-bond acceptors (Lipinski definition) is 5. The molecule has 0 saturated carbocycles. The van der Waals surface area contributed by atoms with Gasteiger partial charge in [0, 0.05) is 7.11 Å². The van der Waals surface area contributed by atoms with Crippen molar-refractivity contribution in [3.05, 3.63) is 15.1 Å². The lowest BCUT2D eigenvalue weighted by molar-refractivity contribution is 0.180. The van der Waals surface area contributed by atoms with Crippen LogP contribution in [0.15, 0.2) is 0 Å². The molecule has 5 nitrogen and oxygen atoms in total. The number of nitrogens with zero attached hydrogens (tertiary/aromatic N) is 3. The lowest BCUT2D eigenvalue weighted by Crippen LogP contribution is -2.16. The number of methoxy groups -OCH3 is 1. The number of hydrogen-bond donors (Lipinski definition) is 1. The van der Waals surface area contributed by atoms with Crippen molar-refractivity contribution in [3.8, 4) is 0 Å². The van der Waals surface area contributed by atoms with E-state index in [1.165, 1.54) is 0 Å². The van der Waals surface area contributed by atoms with Gasteiger partial charge in [-0.05, 0) is 36.7 Å². The van der Waals surface area contributed by atoms with Crippen LogP contribution in [0.4, 0.5) is 5.82 Å². The molecule has 1 rings (SSSR count). The van der Waals surface area contributed by atoms with Crippen LogP contribution in [0.2, 0.25) is 0 Å². The van der Waals surface area contributed by atoms with Crippen LogP contribution < -0.4 is 5.73 Å². The number of rotatable bonds is 4. The molecule has 1 aromatic rings. The van der Waals surface area contributed by atoms with Crippen LogP contribution in [0, 0.1) is 3.57 Å². The zero-order chi connectivity index (χ0) is 11.4. The third-order valence-corrected chi connectivity index (χ3v) is 2.91. The number of nitrogen functional groups attached to an aromatic ring is 1. The molecule has 1 aromatic heterocycles. The molecule has 0 aromatic carbocycles. The summed E-state index contributed by atoms with van der Waals surface area (Å²) in [5.74, 6) is 1.25. The Morgan fingerprint density at radius 3 is 2.60 bits per heavy atom. The second-order valence-electron chi connectivity index (χ2n) is 3.46. The van der Waals surface area contributed by atoms with Crippen LogP contribution in [0.1, 0.15) is 11.5 Å². The first-order valence-electron chi connectivity index (χ1n) is 4.49. The number of halogens is 1. The van der Waals surface area contributed by atoms with Gasteiger partial charge in [-0.15, -0.1) is 0 Å². The minimum Gasteiger partial charge on any atom is -0.383 e. The fourth-order valence-corrected chi connectivity index (χ4v) is 1.55. The van der Waals surface area contributed by atoms with E-state index in [0.29, 0.717) is 19.0 Å². The average molecular weight is 322 g/mol. The summed E-state index contributed by atoms with van der Waals surface area (Å²) in [7, 11) is 5.57. The quantitative estimate of drug-likeness (QED) is 0.834. The minimum absolute atomic E-state index is 0.464. The van der Waals surface area contributed by atoms with Crippen molar-refractivity contribution in [2.24, 2.45) is 0 Å². The monoisotopic (exact) mass is 322 g/mol. The second-order valence-corrected chi connectivity index (χ2v) is 4.54. The molecule has 0 aliphatic heterocycles. The third-order valence-electron chi connectivity index (χ3n) is 1.73. The molecule has 0 fully saturated rings. The molecule has 84 valence electrons. The second kappa shape index (κ2) is 5.57. The van der Waals surface area contributed by atoms with E-state index in [4.69, 9.17) is 10.5 Å². The summed E-state index contributed by atoms with van der Waals surface area (Å²) in [5, 5.41) is 0. The highest BCUT2D eigenvalue weighted by molar-refractivity contribution is 14.1. The standard InChI is InChI=1S/C9H15IN4O/c1-14(2)4-7-12-6(5-15-3)8(10)9(11)13-7/h4-5H2,1-3H3,(H2,11,12,13). The summed E-state index contributed by atoms with van der Waals surface area (Å²) in [4.78, 5) is 10.6. The van der Waals surface area contributed by atoms with Crippen molar-refractivity contribution < 1.29 is 4.74 Å². The van der Waals surface area contributed by atoms with E-state index in [1.54, 1.807) is 7.11 Å². The Bertz CT molecular complexity index is 343. The molecule has 0 spiro atoms. The molecule has 0 unspecified atom stereocenters. The Balaban J connectivity index is 3.00. The van der Waals surface area contributed by atoms with Crippen LogP contribution >= 0.6 is 22.6 Å². The Labute approximate surface area is 103 Å². The maximum absolute atomic E-state index is 5.79. The number of nitrogens with two attached hydrogens (primary N) is 1. The molecule has 15 heavy (non-hydrogen) atoms. The largest absolute Gasteiger partial charge is 0.383 e. The molecular weight excluding hydrogens is 307 g/mol. The molecule has 0 atom stereocenters. The summed E-state index contributed by atoms with van der Waals surface area (Å²) >= 11 is 2.14. The maximum Gasteiger partial charge on any atom is 0.145 e. The molecule has 0 saturated heterocycles. The van der Waals surface area contributed by atoms with Gasteiger partial charge >= 0.3 is 0 Å². The van der Waals surface area contributed by atoms with Gasteiger partial charge in [-0.1, -0.05) is 0 Å². The smallest absolute Gasteiger partial charge is 0.145 e. The Morgan fingerprint density at radius 1 is 1.40 bits per heavy atom. The fraction of sp³-hybridized carbons (Fsp3) is 0.556. The molecular formula is C9H15IN4O. The first-order valence-corrected chi connectivity index (χ1v) is 5.57. The van der Waals surface area contributed by atoms with E-state index in [2.05, 4.69) is 32.6 Å². The van der Waals surface area contributed by atoms with Crippen LogP contribution in [-0.2, 0) is 17.9 Å². The summed E-state index contributed by atoms with van der Waals surface area (Å²) in [6.07, 6.45) is 0. The van der Waals surface area contributed by atoms with Gasteiger partial charge in [0.25, 0.3) is 0 Å². The average Bonchev–Trinajstić information content (AvgIpc) is 2.12. The highest BCUT2D eigenvalue weighted by Crippen LogP contribution is 2.17. The normalized spacial score (nSPS) is 11.0. The number of anilines is 1. The molecule has 2 N–H and O–H groups in total. The van der Waals surface area contributed by atoms with Crippen molar-refractivity contribution in [1.29, 1.82) is 0 Å². The molecule has 1 heterocycles. The van der Waals surface area contributed by atoms with Gasteiger partial charge in [-0.3, -0.25) is 0 Å². The van der Waals surface area contributed by atoms with Gasteiger partial charge in [0.15, 0.2) is 0 Å². The molecule has 6 heteroatoms. The van der Waals surface area contributed by atoms with Crippen molar-refractivity contribution in [1.82, 2.24) is 14.9 Å². The van der Waals surface area contributed by atoms with E-state index < -0.39 is 0 Å². The van der Waals surface area contributed by atoms with Gasteiger partial charge in [0.2, 0.25) is 0 Å². The van der Waals surface area contributed by atoms with Crippen molar-refractivity contribution in [3.63, 3.8) is 0 Å². The predicted molar refractivity (Wildman–Crippen MR) is 67.3 cm³/mol. The highest BCUT2D eigenvalue weighted by atomic mass is 127. The number of ether oxygens (including phenoxy) is 1. The Hall–Kier alpha value is -0.470. The van der Waals surface area contributed by atoms with Crippen LogP contribution in [0.25, 0.3) is 0 Å². The van der Waals surface area contributed by atoms with E-state index in [0.717, 1.165) is 15.1 Å². The van der Waals surface area contributed by atoms with E-state index in [1.807, 2.05) is 19.0 Å². The zero-order valence-corrected chi connectivity index (χ0v) is 11.3. The summed E-state index contributed by atoms with van der Waals surface area (Å²) < 4.78 is 5.93. The minimum atomic E-state index is 0.464. The van der Waals surface area contributed by atoms with Gasteiger partial charge < -0.3 is 15.4 Å². The van der Waals surface area contributed by atoms with Crippen LogP contribution in [-0.4, -0.2) is 36.1 Å². The van der Waals surface area contributed by atoms with Crippen molar-refractivity contribution in [2.75, 3.05) is 26.9 Å². The molecule has 0 radical (unpaired) electrons. The maximum atomic E-state index is 5.79. The van der Waals surface area contributed by atoms with Gasteiger partial charge in [0.05, 0.1) is 22.4 Å². The van der Waals surface area contributed by atoms with Crippen LogP contribution in [0.3, 0.4) is 0 Å². The molecule has 0 aliphatic rings. The van der Waals surface area contributed by atoms with E-state index >= 15 is 0 Å². The van der Waals surface area contributed by atoms with E-state index in [9.17, 15) is 0 Å². The highest BCUT2D eigenvalue weighted by Gasteiger charge is 2.10. The molecule has 0 aliphatic carbocycles. The first kappa shape index (κ1) is 12.6. The Morgan fingerprint density at radius 2 is 2.07 bits per heavy atom. The summed E-state index contributed by atoms with van der Waals surface area (Å²) in [5.41, 5.74) is 6.64. The summed E-state index contributed by atoms with van der Waals surface area (Å²) in [6, 6.07) is 0.